The van der Waals surface area contributed by atoms with Crippen LogP contribution in [0.25, 0.3) is 83.6 Å². The zero-order valence-corrected chi connectivity index (χ0v) is 25.5. The van der Waals surface area contributed by atoms with E-state index in [1.807, 2.05) is 54.6 Å². The molecule has 0 N–H and O–H groups in total. The van der Waals surface area contributed by atoms with Gasteiger partial charge in [0, 0.05) is 22.4 Å². The average molecular weight is 601 g/mol. The molecule has 0 atom stereocenters. The van der Waals surface area contributed by atoms with Crippen LogP contribution in [-0.2, 0) is 0 Å². The molecular formula is C43H28N4. The third-order valence-electron chi connectivity index (χ3n) is 8.83. The number of imidazole rings is 1. The van der Waals surface area contributed by atoms with Crippen molar-refractivity contribution in [2.24, 2.45) is 0 Å². The Bertz CT molecular complexity index is 2550. The maximum absolute atomic E-state index is 5.16. The fourth-order valence-corrected chi connectivity index (χ4v) is 6.61. The summed E-state index contributed by atoms with van der Waals surface area (Å²) < 4.78 is 2.26. The summed E-state index contributed by atoms with van der Waals surface area (Å²) in [7, 11) is 0. The first kappa shape index (κ1) is 27.0. The lowest BCUT2D eigenvalue weighted by molar-refractivity contribution is 1.11. The Labute approximate surface area is 272 Å². The SMILES string of the molecule is c1ccc(-c2nc3ccccc3nc2-c2ccc(-c3cccc4c(-c5nc6ccccc6n5-c5ccccc5)cccc34)cc2)cc1. The molecule has 2 heterocycles. The van der Waals surface area contributed by atoms with Crippen LogP contribution in [0.3, 0.4) is 0 Å². The zero-order chi connectivity index (χ0) is 31.2. The van der Waals surface area contributed by atoms with Crippen LogP contribution in [0.1, 0.15) is 0 Å². The topological polar surface area (TPSA) is 43.6 Å². The second-order valence-electron chi connectivity index (χ2n) is 11.7. The average Bonchev–Trinajstić information content (AvgIpc) is 3.54. The molecule has 4 nitrogen and oxygen atoms in total. The van der Waals surface area contributed by atoms with Crippen LogP contribution in [0.15, 0.2) is 170 Å². The number of nitrogens with zero attached hydrogens (tertiary/aromatic N) is 4. The van der Waals surface area contributed by atoms with Gasteiger partial charge >= 0.3 is 0 Å². The Hall–Kier alpha value is -6.39. The normalized spacial score (nSPS) is 11.4. The summed E-state index contributed by atoms with van der Waals surface area (Å²) >= 11 is 0. The standard InChI is InChI=1S/C43H28N4/c1-3-13-30(14-4-1)41-42(45-38-22-8-7-21-37(38)44-41)31-27-25-29(26-28-31)33-17-11-19-35-34(33)18-12-20-36(35)43-46-39-23-9-10-24-40(39)47(43)32-15-5-2-6-16-32/h1-28H. The number of rotatable bonds is 5. The smallest absolute Gasteiger partial charge is 0.146 e. The summed E-state index contributed by atoms with van der Waals surface area (Å²) in [6.45, 7) is 0. The number of para-hydroxylation sites is 5. The summed E-state index contributed by atoms with van der Waals surface area (Å²) in [5.74, 6) is 0.929. The molecule has 7 aromatic carbocycles. The highest BCUT2D eigenvalue weighted by molar-refractivity contribution is 6.04. The Balaban J connectivity index is 1.18. The van der Waals surface area contributed by atoms with E-state index in [4.69, 9.17) is 15.0 Å². The molecule has 220 valence electrons. The van der Waals surface area contributed by atoms with Crippen molar-refractivity contribution in [3.63, 3.8) is 0 Å². The second kappa shape index (κ2) is 11.2. The highest BCUT2D eigenvalue weighted by Crippen LogP contribution is 2.38. The third kappa shape index (κ3) is 4.66. The van der Waals surface area contributed by atoms with E-state index in [2.05, 4.69) is 120 Å². The van der Waals surface area contributed by atoms with Crippen molar-refractivity contribution < 1.29 is 0 Å². The van der Waals surface area contributed by atoms with Gasteiger partial charge in [-0.05, 0) is 58.3 Å². The molecule has 4 heteroatoms. The molecule has 0 fully saturated rings. The van der Waals surface area contributed by atoms with Gasteiger partial charge < -0.3 is 0 Å². The number of fused-ring (bicyclic) bond motifs is 3. The molecule has 0 aliphatic heterocycles. The van der Waals surface area contributed by atoms with Crippen LogP contribution in [0.4, 0.5) is 0 Å². The number of benzene rings is 7. The van der Waals surface area contributed by atoms with Gasteiger partial charge in [0.1, 0.15) is 5.82 Å². The molecule has 9 aromatic rings. The first-order chi connectivity index (χ1) is 23.3. The molecule has 0 aliphatic carbocycles. The third-order valence-corrected chi connectivity index (χ3v) is 8.83. The maximum atomic E-state index is 5.16. The second-order valence-corrected chi connectivity index (χ2v) is 11.7. The molecule has 47 heavy (non-hydrogen) atoms. The summed E-state index contributed by atoms with van der Waals surface area (Å²) in [5.41, 5.74) is 12.2. The fraction of sp³-hybridized carbons (Fsp3) is 0. The predicted octanol–water partition coefficient (Wildman–Crippen LogP) is 10.8. The summed E-state index contributed by atoms with van der Waals surface area (Å²) in [5, 5.41) is 2.34. The maximum Gasteiger partial charge on any atom is 0.146 e. The van der Waals surface area contributed by atoms with Crippen molar-refractivity contribution in [1.82, 2.24) is 19.5 Å². The monoisotopic (exact) mass is 600 g/mol. The molecule has 0 amide bonds. The molecule has 2 aromatic heterocycles. The van der Waals surface area contributed by atoms with Crippen LogP contribution in [0.2, 0.25) is 0 Å². The first-order valence-electron chi connectivity index (χ1n) is 15.8. The highest BCUT2D eigenvalue weighted by atomic mass is 15.1. The summed E-state index contributed by atoms with van der Waals surface area (Å²) in [6, 6.07) is 59.0. The predicted molar refractivity (Wildman–Crippen MR) is 193 cm³/mol. The van der Waals surface area contributed by atoms with Crippen LogP contribution in [0, 0.1) is 0 Å². The number of hydrogen-bond donors (Lipinski definition) is 0. The van der Waals surface area contributed by atoms with Gasteiger partial charge in [-0.25, -0.2) is 15.0 Å². The molecule has 0 radical (unpaired) electrons. The molecule has 0 spiro atoms. The molecule has 0 unspecified atom stereocenters. The molecular weight excluding hydrogens is 573 g/mol. The van der Waals surface area contributed by atoms with Crippen molar-refractivity contribution >= 4 is 32.8 Å². The van der Waals surface area contributed by atoms with Crippen LogP contribution in [0.5, 0.6) is 0 Å². The van der Waals surface area contributed by atoms with E-state index in [-0.39, 0.29) is 0 Å². The van der Waals surface area contributed by atoms with E-state index in [1.165, 1.54) is 10.9 Å². The lowest BCUT2D eigenvalue weighted by Gasteiger charge is -2.14. The molecule has 0 aliphatic rings. The summed E-state index contributed by atoms with van der Waals surface area (Å²) in [6.07, 6.45) is 0. The minimum absolute atomic E-state index is 0.876. The van der Waals surface area contributed by atoms with Gasteiger partial charge in [0.2, 0.25) is 0 Å². The van der Waals surface area contributed by atoms with Gasteiger partial charge in [-0.2, -0.15) is 0 Å². The van der Waals surface area contributed by atoms with E-state index in [0.29, 0.717) is 0 Å². The molecule has 0 saturated carbocycles. The minimum atomic E-state index is 0.876. The van der Waals surface area contributed by atoms with Crippen LogP contribution in [-0.4, -0.2) is 19.5 Å². The Morgan fingerprint density at radius 2 is 0.851 bits per heavy atom. The fourth-order valence-electron chi connectivity index (χ4n) is 6.61. The van der Waals surface area contributed by atoms with Crippen molar-refractivity contribution in [2.45, 2.75) is 0 Å². The minimum Gasteiger partial charge on any atom is -0.292 e. The van der Waals surface area contributed by atoms with Gasteiger partial charge in [-0.1, -0.05) is 133 Å². The van der Waals surface area contributed by atoms with Crippen LogP contribution >= 0.6 is 0 Å². The lowest BCUT2D eigenvalue weighted by atomic mass is 9.94. The van der Waals surface area contributed by atoms with Crippen LogP contribution < -0.4 is 0 Å². The highest BCUT2D eigenvalue weighted by Gasteiger charge is 2.18. The van der Waals surface area contributed by atoms with E-state index < -0.39 is 0 Å². The van der Waals surface area contributed by atoms with E-state index >= 15 is 0 Å². The Kier molecular flexibility index (Phi) is 6.43. The van der Waals surface area contributed by atoms with E-state index in [1.54, 1.807) is 0 Å². The Morgan fingerprint density at radius 1 is 0.340 bits per heavy atom. The lowest BCUT2D eigenvalue weighted by Crippen LogP contribution is -1.98. The summed E-state index contributed by atoms with van der Waals surface area (Å²) in [4.78, 5) is 15.3. The van der Waals surface area contributed by atoms with Gasteiger partial charge in [-0.15, -0.1) is 0 Å². The van der Waals surface area contributed by atoms with Crippen molar-refractivity contribution in [3.05, 3.63) is 170 Å². The van der Waals surface area contributed by atoms with Crippen molar-refractivity contribution in [2.75, 3.05) is 0 Å². The number of aromatic nitrogens is 4. The van der Waals surface area contributed by atoms with Crippen molar-refractivity contribution in [3.8, 4) is 50.7 Å². The quantitative estimate of drug-likeness (QED) is 0.197. The molecule has 0 saturated heterocycles. The largest absolute Gasteiger partial charge is 0.292 e. The molecule has 9 rings (SSSR count). The van der Waals surface area contributed by atoms with Gasteiger partial charge in [-0.3, -0.25) is 4.57 Å². The van der Waals surface area contributed by atoms with Crippen molar-refractivity contribution in [1.29, 1.82) is 0 Å². The van der Waals surface area contributed by atoms with Gasteiger partial charge in [0.15, 0.2) is 0 Å². The zero-order valence-electron chi connectivity index (χ0n) is 25.5. The Morgan fingerprint density at radius 3 is 1.53 bits per heavy atom. The van der Waals surface area contributed by atoms with E-state index in [0.717, 1.165) is 72.6 Å². The first-order valence-corrected chi connectivity index (χ1v) is 15.8. The number of hydrogen-bond acceptors (Lipinski definition) is 3. The molecule has 0 bridgehead atoms. The van der Waals surface area contributed by atoms with Gasteiger partial charge in [0.25, 0.3) is 0 Å². The van der Waals surface area contributed by atoms with E-state index in [9.17, 15) is 0 Å². The van der Waals surface area contributed by atoms with Gasteiger partial charge in [0.05, 0.1) is 33.5 Å².